The van der Waals surface area contributed by atoms with Gasteiger partial charge >= 0.3 is 7.48 Å². The van der Waals surface area contributed by atoms with Crippen LogP contribution in [-0.4, -0.2) is 23.8 Å². The Hall–Kier alpha value is -1.83. The van der Waals surface area contributed by atoms with Crippen LogP contribution in [0.1, 0.15) is 65.0 Å². The van der Waals surface area contributed by atoms with Crippen molar-refractivity contribution in [2.45, 2.75) is 65.1 Å². The van der Waals surface area contributed by atoms with Crippen molar-refractivity contribution in [2.75, 3.05) is 0 Å². The van der Waals surface area contributed by atoms with E-state index in [1.165, 1.54) is 5.56 Å². The van der Waals surface area contributed by atoms with E-state index >= 15 is 0 Å². The highest BCUT2D eigenvalue weighted by Crippen LogP contribution is 2.26. The molecule has 0 saturated carbocycles. The Morgan fingerprint density at radius 1 is 1.28 bits per heavy atom. The van der Waals surface area contributed by atoms with E-state index in [0.717, 1.165) is 11.9 Å². The van der Waals surface area contributed by atoms with Crippen molar-refractivity contribution in [1.29, 1.82) is 5.26 Å². The fourth-order valence-corrected chi connectivity index (χ4v) is 2.08. The molecule has 25 heavy (non-hydrogen) atoms. The average Bonchev–Trinajstić information content (AvgIpc) is 2.57. The summed E-state index contributed by atoms with van der Waals surface area (Å²) in [7, 11) is 1.69. The molecule has 0 saturated heterocycles. The molecule has 0 aliphatic rings. The normalized spacial score (nSPS) is 14.4. The molecule has 0 amide bonds. The van der Waals surface area contributed by atoms with Gasteiger partial charge in [-0.15, -0.1) is 0 Å². The maximum Gasteiger partial charge on any atom is 0.330 e. The third kappa shape index (κ3) is 6.19. The van der Waals surface area contributed by atoms with Crippen LogP contribution in [0.25, 0.3) is 0 Å². The first-order chi connectivity index (χ1) is 11.6. The third-order valence-electron chi connectivity index (χ3n) is 4.73. The minimum absolute atomic E-state index is 0.276. The molecule has 1 N–H and O–H groups in total. The summed E-state index contributed by atoms with van der Waals surface area (Å²) in [6.45, 7) is 11.3. The summed E-state index contributed by atoms with van der Waals surface area (Å²) >= 11 is 0. The Labute approximate surface area is 153 Å². The van der Waals surface area contributed by atoms with Crippen LogP contribution in [0.15, 0.2) is 48.0 Å². The van der Waals surface area contributed by atoms with Crippen LogP contribution in [0.5, 0.6) is 0 Å². The molecule has 0 heterocycles. The molecule has 0 spiro atoms. The third-order valence-corrected chi connectivity index (χ3v) is 4.73. The van der Waals surface area contributed by atoms with Gasteiger partial charge in [0.25, 0.3) is 0 Å². The van der Waals surface area contributed by atoms with E-state index in [4.69, 9.17) is 9.92 Å². The second-order valence-corrected chi connectivity index (χ2v) is 7.20. The van der Waals surface area contributed by atoms with Crippen LogP contribution >= 0.6 is 0 Å². The lowest BCUT2D eigenvalue weighted by molar-refractivity contribution is -0.0896. The lowest BCUT2D eigenvalue weighted by atomic mass is 9.81. The van der Waals surface area contributed by atoms with Crippen LogP contribution in [0.3, 0.4) is 0 Å². The number of allylic oxidation sites excluding steroid dienone is 4. The predicted octanol–water partition coefficient (Wildman–Crippen LogP) is 4.70. The second-order valence-electron chi connectivity index (χ2n) is 7.20. The number of nitriles is 1. The van der Waals surface area contributed by atoms with Crippen molar-refractivity contribution in [3.05, 3.63) is 59.1 Å². The first-order valence-electron chi connectivity index (χ1n) is 8.72. The molecule has 1 unspecified atom stereocenters. The molecule has 3 nitrogen and oxygen atoms in total. The molecular formula is C21H29BNO2. The van der Waals surface area contributed by atoms with Crippen molar-refractivity contribution in [2.24, 2.45) is 0 Å². The van der Waals surface area contributed by atoms with E-state index in [9.17, 15) is 5.11 Å². The van der Waals surface area contributed by atoms with Crippen LogP contribution < -0.4 is 0 Å². The molecule has 1 radical (unpaired) electrons. The van der Waals surface area contributed by atoms with Gasteiger partial charge < -0.3 is 9.76 Å². The first-order valence-corrected chi connectivity index (χ1v) is 8.72. The minimum Gasteiger partial charge on any atom is -0.427 e. The summed E-state index contributed by atoms with van der Waals surface area (Å²) in [5.74, 6) is 0.276. The predicted molar refractivity (Wildman–Crippen MR) is 104 cm³/mol. The van der Waals surface area contributed by atoms with Gasteiger partial charge in [0.15, 0.2) is 0 Å². The smallest absolute Gasteiger partial charge is 0.330 e. The Bertz CT molecular complexity index is 646. The molecule has 4 heteroatoms. The standard InChI is InChI=1S/C21H29BNO2/c1-7-17(18-11-9-16(15-23)10-12-18)13-14-19(8-2)22-25-21(5,6)20(3,4)24/h8-14,17,24H,7H2,1-6H3/b14-13-,19-8+. The molecule has 0 aliphatic heterocycles. The van der Waals surface area contributed by atoms with Crippen molar-refractivity contribution in [3.63, 3.8) is 0 Å². The zero-order valence-corrected chi connectivity index (χ0v) is 16.2. The van der Waals surface area contributed by atoms with E-state index in [0.29, 0.717) is 5.56 Å². The van der Waals surface area contributed by atoms with Gasteiger partial charge in [0.05, 0.1) is 22.8 Å². The quantitative estimate of drug-likeness (QED) is 0.552. The fourth-order valence-electron chi connectivity index (χ4n) is 2.08. The highest BCUT2D eigenvalue weighted by atomic mass is 16.5. The molecule has 0 fully saturated rings. The molecule has 1 aromatic rings. The van der Waals surface area contributed by atoms with Gasteiger partial charge in [0.2, 0.25) is 0 Å². The summed E-state index contributed by atoms with van der Waals surface area (Å²) in [5, 5.41) is 19.1. The van der Waals surface area contributed by atoms with E-state index in [1.807, 2.05) is 57.2 Å². The largest absolute Gasteiger partial charge is 0.427 e. The molecule has 133 valence electrons. The fraction of sp³-hybridized carbons (Fsp3) is 0.476. The maximum absolute atomic E-state index is 10.2. The van der Waals surface area contributed by atoms with Crippen LogP contribution in [0, 0.1) is 11.3 Å². The van der Waals surface area contributed by atoms with Crippen molar-refractivity contribution >= 4 is 7.48 Å². The molecule has 1 rings (SSSR count). The topological polar surface area (TPSA) is 53.2 Å². The number of aliphatic hydroxyl groups is 1. The van der Waals surface area contributed by atoms with Gasteiger partial charge in [-0.1, -0.05) is 42.8 Å². The number of nitrogens with zero attached hydrogens (tertiary/aromatic N) is 1. The monoisotopic (exact) mass is 338 g/mol. The van der Waals surface area contributed by atoms with Gasteiger partial charge in [-0.3, -0.25) is 0 Å². The highest BCUT2D eigenvalue weighted by molar-refractivity contribution is 6.39. The Kier molecular flexibility index (Phi) is 7.67. The molecule has 0 aliphatic carbocycles. The number of hydrogen-bond acceptors (Lipinski definition) is 3. The van der Waals surface area contributed by atoms with Crippen molar-refractivity contribution < 1.29 is 9.76 Å². The summed E-state index contributed by atoms with van der Waals surface area (Å²) in [5.41, 5.74) is 1.18. The first kappa shape index (κ1) is 21.2. The van der Waals surface area contributed by atoms with Gasteiger partial charge in [-0.05, 0) is 58.7 Å². The molecule has 0 bridgehead atoms. The van der Waals surface area contributed by atoms with E-state index in [1.54, 1.807) is 21.3 Å². The van der Waals surface area contributed by atoms with Crippen LogP contribution in [0.2, 0.25) is 0 Å². The summed E-state index contributed by atoms with van der Waals surface area (Å²) in [6.07, 6.45) is 7.12. The highest BCUT2D eigenvalue weighted by Gasteiger charge is 2.35. The van der Waals surface area contributed by atoms with Crippen molar-refractivity contribution in [3.8, 4) is 6.07 Å². The van der Waals surface area contributed by atoms with Crippen molar-refractivity contribution in [1.82, 2.24) is 0 Å². The average molecular weight is 338 g/mol. The summed E-state index contributed by atoms with van der Waals surface area (Å²) in [4.78, 5) is 0. The number of hydrogen-bond donors (Lipinski definition) is 1. The van der Waals surface area contributed by atoms with Gasteiger partial charge in [0.1, 0.15) is 0 Å². The molecule has 1 aromatic carbocycles. The van der Waals surface area contributed by atoms with E-state index in [-0.39, 0.29) is 5.92 Å². The van der Waals surface area contributed by atoms with Crippen LogP contribution in [-0.2, 0) is 4.65 Å². The van der Waals surface area contributed by atoms with Gasteiger partial charge in [0, 0.05) is 5.92 Å². The molecule has 0 aromatic heterocycles. The second kappa shape index (κ2) is 9.03. The summed E-state index contributed by atoms with van der Waals surface area (Å²) < 4.78 is 5.82. The lowest BCUT2D eigenvalue weighted by Crippen LogP contribution is -2.48. The van der Waals surface area contributed by atoms with Gasteiger partial charge in [-0.25, -0.2) is 0 Å². The van der Waals surface area contributed by atoms with Gasteiger partial charge in [-0.2, -0.15) is 5.26 Å². The van der Waals surface area contributed by atoms with E-state index in [2.05, 4.69) is 19.1 Å². The lowest BCUT2D eigenvalue weighted by Gasteiger charge is -2.37. The zero-order chi connectivity index (χ0) is 19.1. The maximum atomic E-state index is 10.2. The Morgan fingerprint density at radius 2 is 1.88 bits per heavy atom. The Balaban J connectivity index is 2.79. The Morgan fingerprint density at radius 3 is 2.32 bits per heavy atom. The van der Waals surface area contributed by atoms with Crippen LogP contribution in [0.4, 0.5) is 0 Å². The van der Waals surface area contributed by atoms with E-state index < -0.39 is 11.2 Å². The number of rotatable bonds is 8. The molecule has 1 atom stereocenters. The zero-order valence-electron chi connectivity index (χ0n) is 16.2. The minimum atomic E-state index is -0.944. The number of benzene rings is 1. The molecular weight excluding hydrogens is 309 g/mol. The summed E-state index contributed by atoms with van der Waals surface area (Å²) in [6, 6.07) is 9.85. The SMILES string of the molecule is C/C=C([B]OC(C)(C)C(C)(C)O)\C=C/C(CC)c1ccc(C#N)cc1.